The van der Waals surface area contributed by atoms with Crippen LogP contribution in [0.15, 0.2) is 54.2 Å². The van der Waals surface area contributed by atoms with Gasteiger partial charge in [0.2, 0.25) is 0 Å². The van der Waals surface area contributed by atoms with Gasteiger partial charge in [-0.15, -0.1) is 0 Å². The maximum Gasteiger partial charge on any atom is 0.270 e. The van der Waals surface area contributed by atoms with Gasteiger partial charge in [0.25, 0.3) is 17.5 Å². The summed E-state index contributed by atoms with van der Waals surface area (Å²) in [6.45, 7) is 4.31. The highest BCUT2D eigenvalue weighted by molar-refractivity contribution is 6.05. The molecule has 0 aliphatic heterocycles. The summed E-state index contributed by atoms with van der Waals surface area (Å²) in [4.78, 5) is 35.6. The highest BCUT2D eigenvalue weighted by Gasteiger charge is 2.16. The molecule has 0 atom stereocenters. The lowest BCUT2D eigenvalue weighted by atomic mass is 10.1. The van der Waals surface area contributed by atoms with E-state index in [0.717, 1.165) is 0 Å². The molecule has 0 radical (unpaired) electrons. The quantitative estimate of drug-likeness (QED) is 0.404. The van der Waals surface area contributed by atoms with Crippen molar-refractivity contribution in [3.63, 3.8) is 0 Å². The first-order valence-electron chi connectivity index (χ1n) is 9.00. The molecule has 0 fully saturated rings. The van der Waals surface area contributed by atoms with Gasteiger partial charge in [0.1, 0.15) is 11.4 Å². The van der Waals surface area contributed by atoms with E-state index < -0.39 is 16.7 Å². The standard InChI is InChI=1S/C21H23N3O5/c1-14(2)13-22-21(26)19(12-15-5-4-6-17(11-15)24(27)28)23-20(25)16-7-9-18(29-3)10-8-16/h4-12,14H,13H2,1-3H3,(H,22,26)(H,23,25). The predicted octanol–water partition coefficient (Wildman–Crippen LogP) is 3.15. The first-order valence-corrected chi connectivity index (χ1v) is 9.00. The largest absolute Gasteiger partial charge is 0.497 e. The number of hydrogen-bond donors (Lipinski definition) is 2. The molecule has 8 heteroatoms. The number of nitro benzene ring substituents is 1. The van der Waals surface area contributed by atoms with E-state index in [1.807, 2.05) is 13.8 Å². The zero-order valence-corrected chi connectivity index (χ0v) is 16.5. The fourth-order valence-corrected chi connectivity index (χ4v) is 2.38. The van der Waals surface area contributed by atoms with Gasteiger partial charge in [-0.25, -0.2) is 0 Å². The molecule has 0 aliphatic carbocycles. The van der Waals surface area contributed by atoms with Crippen LogP contribution in [0.5, 0.6) is 5.75 Å². The first-order chi connectivity index (χ1) is 13.8. The molecular weight excluding hydrogens is 374 g/mol. The molecule has 2 aromatic rings. The van der Waals surface area contributed by atoms with E-state index in [1.165, 1.54) is 31.4 Å². The van der Waals surface area contributed by atoms with Crippen molar-refractivity contribution < 1.29 is 19.2 Å². The van der Waals surface area contributed by atoms with Crippen molar-refractivity contribution in [3.05, 3.63) is 75.5 Å². The van der Waals surface area contributed by atoms with E-state index in [4.69, 9.17) is 4.74 Å². The van der Waals surface area contributed by atoms with Crippen LogP contribution >= 0.6 is 0 Å². The number of methoxy groups -OCH3 is 1. The smallest absolute Gasteiger partial charge is 0.270 e. The minimum absolute atomic E-state index is 0.00744. The molecule has 2 N–H and O–H groups in total. The number of benzene rings is 2. The molecule has 0 saturated heterocycles. The first kappa shape index (κ1) is 21.6. The van der Waals surface area contributed by atoms with Gasteiger partial charge in [-0.3, -0.25) is 19.7 Å². The topological polar surface area (TPSA) is 111 Å². The van der Waals surface area contributed by atoms with Gasteiger partial charge in [-0.05, 0) is 41.8 Å². The van der Waals surface area contributed by atoms with Crippen molar-refractivity contribution in [2.45, 2.75) is 13.8 Å². The van der Waals surface area contributed by atoms with E-state index in [9.17, 15) is 19.7 Å². The van der Waals surface area contributed by atoms with Crippen LogP contribution in [0.2, 0.25) is 0 Å². The fraction of sp³-hybridized carbons (Fsp3) is 0.238. The van der Waals surface area contributed by atoms with Gasteiger partial charge >= 0.3 is 0 Å². The Kier molecular flexibility index (Phi) is 7.47. The summed E-state index contributed by atoms with van der Waals surface area (Å²) in [7, 11) is 1.52. The summed E-state index contributed by atoms with van der Waals surface area (Å²) in [5, 5.41) is 16.3. The highest BCUT2D eigenvalue weighted by Crippen LogP contribution is 2.16. The summed E-state index contributed by atoms with van der Waals surface area (Å²) >= 11 is 0. The summed E-state index contributed by atoms with van der Waals surface area (Å²) in [6.07, 6.45) is 1.41. The van der Waals surface area contributed by atoms with Gasteiger partial charge in [0, 0.05) is 24.2 Å². The Balaban J connectivity index is 2.30. The number of non-ortho nitro benzene ring substituents is 1. The molecular formula is C21H23N3O5. The summed E-state index contributed by atoms with van der Waals surface area (Å²) < 4.78 is 5.07. The summed E-state index contributed by atoms with van der Waals surface area (Å²) in [5.74, 6) is -0.144. The third kappa shape index (κ3) is 6.46. The lowest BCUT2D eigenvalue weighted by molar-refractivity contribution is -0.384. The molecule has 29 heavy (non-hydrogen) atoms. The number of ether oxygens (including phenoxy) is 1. The lowest BCUT2D eigenvalue weighted by Gasteiger charge is -2.12. The van der Waals surface area contributed by atoms with Crippen LogP contribution in [-0.4, -0.2) is 30.4 Å². The Bertz CT molecular complexity index is 920. The molecule has 8 nitrogen and oxygen atoms in total. The molecule has 2 amide bonds. The lowest BCUT2D eigenvalue weighted by Crippen LogP contribution is -2.36. The van der Waals surface area contributed by atoms with Gasteiger partial charge in [0.15, 0.2) is 0 Å². The van der Waals surface area contributed by atoms with E-state index in [2.05, 4.69) is 10.6 Å². The van der Waals surface area contributed by atoms with E-state index in [-0.39, 0.29) is 17.3 Å². The van der Waals surface area contributed by atoms with E-state index in [1.54, 1.807) is 30.3 Å². The van der Waals surface area contributed by atoms with Gasteiger partial charge in [0.05, 0.1) is 12.0 Å². The number of hydrogen-bond acceptors (Lipinski definition) is 5. The molecule has 152 valence electrons. The molecule has 0 spiro atoms. The van der Waals surface area contributed by atoms with E-state index in [0.29, 0.717) is 23.4 Å². The molecule has 2 rings (SSSR count). The molecule has 0 aliphatic rings. The third-order valence-corrected chi connectivity index (χ3v) is 3.91. The average molecular weight is 397 g/mol. The molecule has 0 bridgehead atoms. The molecule has 2 aromatic carbocycles. The predicted molar refractivity (Wildman–Crippen MR) is 109 cm³/mol. The second kappa shape index (κ2) is 10.0. The van der Waals surface area contributed by atoms with E-state index >= 15 is 0 Å². The van der Waals surface area contributed by atoms with Crippen LogP contribution in [-0.2, 0) is 4.79 Å². The third-order valence-electron chi connectivity index (χ3n) is 3.91. The van der Waals surface area contributed by atoms with Gasteiger partial charge in [-0.1, -0.05) is 26.0 Å². The number of amides is 2. The van der Waals surface area contributed by atoms with Crippen molar-refractivity contribution in [3.8, 4) is 5.75 Å². The highest BCUT2D eigenvalue weighted by atomic mass is 16.6. The Morgan fingerprint density at radius 3 is 2.45 bits per heavy atom. The maximum atomic E-state index is 12.6. The zero-order chi connectivity index (χ0) is 21.4. The van der Waals surface area contributed by atoms with Crippen molar-refractivity contribution in [2.75, 3.05) is 13.7 Å². The Morgan fingerprint density at radius 2 is 1.86 bits per heavy atom. The number of carbonyl (C=O) groups excluding carboxylic acids is 2. The monoisotopic (exact) mass is 397 g/mol. The maximum absolute atomic E-state index is 12.6. The second-order valence-corrected chi connectivity index (χ2v) is 6.70. The number of nitro groups is 1. The molecule has 0 heterocycles. The van der Waals surface area contributed by atoms with Crippen LogP contribution in [0.3, 0.4) is 0 Å². The number of nitrogens with zero attached hydrogens (tertiary/aromatic N) is 1. The number of carbonyl (C=O) groups is 2. The fourth-order valence-electron chi connectivity index (χ4n) is 2.38. The van der Waals surface area contributed by atoms with Gasteiger partial charge in [-0.2, -0.15) is 0 Å². The Morgan fingerprint density at radius 1 is 1.17 bits per heavy atom. The van der Waals surface area contributed by atoms with Crippen molar-refractivity contribution in [1.29, 1.82) is 0 Å². The minimum Gasteiger partial charge on any atom is -0.497 e. The van der Waals surface area contributed by atoms with Crippen LogP contribution in [0, 0.1) is 16.0 Å². The molecule has 0 saturated carbocycles. The normalized spacial score (nSPS) is 11.1. The second-order valence-electron chi connectivity index (χ2n) is 6.70. The summed E-state index contributed by atoms with van der Waals surface area (Å²) in [5.41, 5.74) is 0.644. The van der Waals surface area contributed by atoms with Crippen LogP contribution in [0.4, 0.5) is 5.69 Å². The van der Waals surface area contributed by atoms with Crippen LogP contribution in [0.1, 0.15) is 29.8 Å². The van der Waals surface area contributed by atoms with Crippen molar-refractivity contribution >= 4 is 23.6 Å². The molecule has 0 unspecified atom stereocenters. The van der Waals surface area contributed by atoms with Crippen LogP contribution in [0.25, 0.3) is 6.08 Å². The molecule has 0 aromatic heterocycles. The SMILES string of the molecule is COc1ccc(C(=O)NC(=Cc2cccc([N+](=O)[O-])c2)C(=O)NCC(C)C)cc1. The van der Waals surface area contributed by atoms with Gasteiger partial charge < -0.3 is 15.4 Å². The van der Waals surface area contributed by atoms with Crippen molar-refractivity contribution in [2.24, 2.45) is 5.92 Å². The number of rotatable bonds is 8. The zero-order valence-electron chi connectivity index (χ0n) is 16.5. The minimum atomic E-state index is -0.522. The summed E-state index contributed by atoms with van der Waals surface area (Å²) in [6, 6.07) is 12.2. The average Bonchev–Trinajstić information content (AvgIpc) is 2.71. The Hall–Kier alpha value is -3.68. The number of nitrogens with one attached hydrogen (secondary N) is 2. The Labute approximate surface area is 168 Å². The van der Waals surface area contributed by atoms with Crippen molar-refractivity contribution in [1.82, 2.24) is 10.6 Å². The van der Waals surface area contributed by atoms with Crippen LogP contribution < -0.4 is 15.4 Å².